The molecule has 202 valence electrons. The maximum absolute atomic E-state index is 14.9. The number of carbonyl (C=O) groups excluding carboxylic acids is 1. The molecule has 0 bridgehead atoms. The van der Waals surface area contributed by atoms with Crippen molar-refractivity contribution in [3.05, 3.63) is 106 Å². The van der Waals surface area contributed by atoms with Crippen molar-refractivity contribution >= 4 is 45.0 Å². The Morgan fingerprint density at radius 2 is 1.80 bits per heavy atom. The Balaban J connectivity index is 1.35. The fraction of sp³-hybridized carbons (Fsp3) is 0.303. The topological polar surface area (TPSA) is 79.8 Å². The highest BCUT2D eigenvalue weighted by molar-refractivity contribution is 6.31. The van der Waals surface area contributed by atoms with Crippen LogP contribution >= 0.6 is 11.6 Å². The van der Waals surface area contributed by atoms with Crippen molar-refractivity contribution in [2.75, 3.05) is 5.32 Å². The lowest BCUT2D eigenvalue weighted by Gasteiger charge is -2.38. The molecule has 7 rings (SSSR count). The normalized spacial score (nSPS) is 25.2. The number of pyridine rings is 1. The van der Waals surface area contributed by atoms with Gasteiger partial charge in [-0.25, -0.2) is 4.98 Å². The van der Waals surface area contributed by atoms with Crippen molar-refractivity contribution in [2.24, 2.45) is 11.3 Å². The lowest BCUT2D eigenvalue weighted by atomic mass is 9.73. The summed E-state index contributed by atoms with van der Waals surface area (Å²) in [6, 6.07) is 25.2. The van der Waals surface area contributed by atoms with E-state index in [4.69, 9.17) is 16.6 Å². The van der Waals surface area contributed by atoms with Crippen LogP contribution in [0.5, 0.6) is 0 Å². The number of H-pyrrole nitrogens is 1. The van der Waals surface area contributed by atoms with Crippen LogP contribution < -0.4 is 10.9 Å². The number of carbonyl (C=O) groups is 1. The first-order valence-electron chi connectivity index (χ1n) is 13.8. The van der Waals surface area contributed by atoms with E-state index in [2.05, 4.69) is 40.8 Å². The van der Waals surface area contributed by atoms with E-state index in [9.17, 15) is 9.59 Å². The summed E-state index contributed by atoms with van der Waals surface area (Å²) in [4.78, 5) is 34.7. The van der Waals surface area contributed by atoms with E-state index < -0.39 is 11.0 Å². The lowest BCUT2D eigenvalue weighted by molar-refractivity contribution is -0.128. The highest BCUT2D eigenvalue weighted by Crippen LogP contribution is 2.74. The van der Waals surface area contributed by atoms with Crippen molar-refractivity contribution in [2.45, 2.75) is 51.1 Å². The van der Waals surface area contributed by atoms with Gasteiger partial charge in [0, 0.05) is 34.2 Å². The monoisotopic (exact) mass is 550 g/mol. The third-order valence-electron chi connectivity index (χ3n) is 9.51. The number of halogens is 1. The number of aromatic nitrogens is 3. The van der Waals surface area contributed by atoms with E-state index >= 15 is 0 Å². The largest absolute Gasteiger partial charge is 0.373 e. The molecule has 0 spiro atoms. The molecular weight excluding hydrogens is 520 g/mol. The number of fused-ring (bicyclic) bond motifs is 3. The average Bonchev–Trinajstić information content (AvgIpc) is 3.24. The van der Waals surface area contributed by atoms with Gasteiger partial charge in [0.15, 0.2) is 5.78 Å². The summed E-state index contributed by atoms with van der Waals surface area (Å²) >= 11 is 6.47. The molecule has 6 nitrogen and oxygen atoms in total. The Kier molecular flexibility index (Phi) is 5.36. The molecule has 0 saturated heterocycles. The van der Waals surface area contributed by atoms with E-state index in [-0.39, 0.29) is 22.7 Å². The van der Waals surface area contributed by atoms with Crippen LogP contribution in [0, 0.1) is 11.3 Å². The maximum atomic E-state index is 14.9. The Bertz CT molecular complexity index is 1870. The molecule has 2 heterocycles. The third kappa shape index (κ3) is 3.51. The number of rotatable bonds is 5. The second kappa shape index (κ2) is 8.55. The summed E-state index contributed by atoms with van der Waals surface area (Å²) < 4.78 is 2.22. The summed E-state index contributed by atoms with van der Waals surface area (Å²) in [5.41, 5.74) is 2.67. The van der Waals surface area contributed by atoms with Crippen molar-refractivity contribution < 1.29 is 4.79 Å². The molecule has 2 fully saturated rings. The number of anilines is 1. The molecular formula is C33H31ClN4O2. The van der Waals surface area contributed by atoms with Gasteiger partial charge in [-0.1, -0.05) is 55.8 Å². The number of Topliss-reactive ketones (excluding diaryl/α,β-unsaturated/α-hetero) is 1. The van der Waals surface area contributed by atoms with Crippen LogP contribution in [0.2, 0.25) is 5.02 Å². The third-order valence-corrected chi connectivity index (χ3v) is 9.74. The van der Waals surface area contributed by atoms with Gasteiger partial charge in [-0.3, -0.25) is 9.59 Å². The van der Waals surface area contributed by atoms with Crippen molar-refractivity contribution in [3.8, 4) is 0 Å². The zero-order valence-electron chi connectivity index (χ0n) is 22.8. The molecule has 3 unspecified atom stereocenters. The first-order valence-corrected chi connectivity index (χ1v) is 14.2. The molecule has 2 aliphatic rings. The van der Waals surface area contributed by atoms with Crippen LogP contribution in [0.3, 0.4) is 0 Å². The summed E-state index contributed by atoms with van der Waals surface area (Å²) in [5.74, 6) is 1.21. The van der Waals surface area contributed by atoms with Crippen LogP contribution in [0.4, 0.5) is 5.69 Å². The number of nitrogens with zero attached hydrogens (tertiary/aromatic N) is 2. The highest BCUT2D eigenvalue weighted by atomic mass is 35.5. The first kappa shape index (κ1) is 25.1. The van der Waals surface area contributed by atoms with Gasteiger partial charge < -0.3 is 14.9 Å². The second-order valence-corrected chi connectivity index (χ2v) is 12.6. The highest BCUT2D eigenvalue weighted by Gasteiger charge is 2.81. The van der Waals surface area contributed by atoms with Crippen molar-refractivity contribution in [1.29, 1.82) is 0 Å². The molecule has 0 amide bonds. The minimum Gasteiger partial charge on any atom is -0.373 e. The van der Waals surface area contributed by atoms with Gasteiger partial charge in [-0.15, -0.1) is 0 Å². The van der Waals surface area contributed by atoms with Crippen LogP contribution in [-0.4, -0.2) is 25.9 Å². The molecule has 5 aromatic rings. The maximum Gasteiger partial charge on any atom is 0.248 e. The van der Waals surface area contributed by atoms with E-state index in [0.717, 1.165) is 51.9 Å². The van der Waals surface area contributed by atoms with Crippen LogP contribution in [0.15, 0.2) is 83.7 Å². The minimum absolute atomic E-state index is 0.133. The molecule has 7 heteroatoms. The van der Waals surface area contributed by atoms with Crippen molar-refractivity contribution in [3.63, 3.8) is 0 Å². The first-order chi connectivity index (χ1) is 19.1. The molecule has 2 aromatic heterocycles. The minimum atomic E-state index is -0.784. The molecule has 3 aromatic carbocycles. The quantitative estimate of drug-likeness (QED) is 0.255. The molecule has 2 aliphatic carbocycles. The number of ketones is 1. The zero-order chi connectivity index (χ0) is 27.9. The van der Waals surface area contributed by atoms with E-state index in [0.29, 0.717) is 11.6 Å². The molecule has 3 atom stereocenters. The van der Waals surface area contributed by atoms with Crippen molar-refractivity contribution in [1.82, 2.24) is 14.5 Å². The Morgan fingerprint density at radius 3 is 2.60 bits per heavy atom. The van der Waals surface area contributed by atoms with E-state index in [1.54, 1.807) is 0 Å². The molecule has 2 N–H and O–H groups in total. The number of imidazole rings is 1. The molecule has 0 radical (unpaired) electrons. The summed E-state index contributed by atoms with van der Waals surface area (Å²) in [5, 5.41) is 5.18. The SMILES string of the molecule is CC1(Nc2ccc3[nH]c(=O)ccc3c2)CCC2C(C)(C)C2(c2nc3ccc(Cl)cc3n2Cc2ccccc2)C1=O. The summed E-state index contributed by atoms with van der Waals surface area (Å²) in [6.07, 6.45) is 1.65. The van der Waals surface area contributed by atoms with Gasteiger partial charge in [-0.2, -0.15) is 0 Å². The summed E-state index contributed by atoms with van der Waals surface area (Å²) in [6.45, 7) is 7.07. The van der Waals surface area contributed by atoms with Crippen LogP contribution in [0.25, 0.3) is 21.9 Å². The molecule has 40 heavy (non-hydrogen) atoms. The standard InChI is InChI=1S/C33H31ClN4O2/c1-31(2)27-15-16-32(3,37-23-11-13-24-21(17-23)9-14-28(39)35-24)29(40)33(27,31)30-36-25-12-10-22(34)18-26(25)38(30)19-20-7-5-4-6-8-20/h4-14,17-18,27,37H,15-16,19H2,1-3H3,(H,35,39). The smallest absolute Gasteiger partial charge is 0.248 e. The molecule has 2 saturated carbocycles. The van der Waals surface area contributed by atoms with E-state index in [1.807, 2.05) is 67.6 Å². The van der Waals surface area contributed by atoms with Gasteiger partial charge >= 0.3 is 0 Å². The van der Waals surface area contributed by atoms with Crippen LogP contribution in [0.1, 0.15) is 45.0 Å². The van der Waals surface area contributed by atoms with Gasteiger partial charge in [-0.05, 0) is 79.1 Å². The number of hydrogen-bond acceptors (Lipinski definition) is 4. The number of aromatic amines is 1. The van der Waals surface area contributed by atoms with Gasteiger partial charge in [0.05, 0.1) is 22.0 Å². The second-order valence-electron chi connectivity index (χ2n) is 12.2. The molecule has 0 aliphatic heterocycles. The van der Waals surface area contributed by atoms with Gasteiger partial charge in [0.2, 0.25) is 5.56 Å². The Labute approximate surface area is 237 Å². The fourth-order valence-electron chi connectivity index (χ4n) is 7.42. The number of nitrogens with one attached hydrogen (secondary N) is 2. The Morgan fingerprint density at radius 1 is 1.00 bits per heavy atom. The number of benzene rings is 3. The Hall–Kier alpha value is -3.90. The summed E-state index contributed by atoms with van der Waals surface area (Å²) in [7, 11) is 0. The van der Waals surface area contributed by atoms with E-state index in [1.165, 1.54) is 6.07 Å². The zero-order valence-corrected chi connectivity index (χ0v) is 23.5. The lowest BCUT2D eigenvalue weighted by Crippen LogP contribution is -2.53. The average molecular weight is 551 g/mol. The van der Waals surface area contributed by atoms with Crippen LogP contribution in [-0.2, 0) is 16.8 Å². The van der Waals surface area contributed by atoms with Gasteiger partial charge in [0.25, 0.3) is 0 Å². The predicted molar refractivity (Wildman–Crippen MR) is 160 cm³/mol. The van der Waals surface area contributed by atoms with Gasteiger partial charge in [0.1, 0.15) is 5.82 Å². The fourth-order valence-corrected chi connectivity index (χ4v) is 7.58. The predicted octanol–water partition coefficient (Wildman–Crippen LogP) is 6.71. The number of hydrogen-bond donors (Lipinski definition) is 2.